The van der Waals surface area contributed by atoms with Crippen molar-refractivity contribution >= 4 is 23.8 Å². The lowest BCUT2D eigenvalue weighted by Gasteiger charge is -2.23. The SMILES string of the molecule is CC[C@H](C)[C@H](NC(=O)CN1C(=O)NC2(CCc3ccccc32)C1=O)C(=O)O. The van der Waals surface area contributed by atoms with Crippen molar-refractivity contribution in [3.63, 3.8) is 0 Å². The molecule has 1 aliphatic carbocycles. The first-order valence-electron chi connectivity index (χ1n) is 9.04. The zero-order valence-corrected chi connectivity index (χ0v) is 15.3. The molecule has 3 N–H and O–H groups in total. The Hall–Kier alpha value is -2.90. The third-order valence-corrected chi connectivity index (χ3v) is 5.52. The van der Waals surface area contributed by atoms with E-state index in [1.54, 1.807) is 6.92 Å². The van der Waals surface area contributed by atoms with Crippen LogP contribution in [0.1, 0.15) is 37.8 Å². The minimum absolute atomic E-state index is 0.275. The number of urea groups is 1. The number of carbonyl (C=O) groups is 4. The summed E-state index contributed by atoms with van der Waals surface area (Å²) in [5.41, 5.74) is 0.631. The van der Waals surface area contributed by atoms with Crippen LogP contribution in [0.15, 0.2) is 24.3 Å². The highest BCUT2D eigenvalue weighted by atomic mass is 16.4. The van der Waals surface area contributed by atoms with Crippen molar-refractivity contribution in [2.75, 3.05) is 6.54 Å². The van der Waals surface area contributed by atoms with Crippen molar-refractivity contribution in [3.05, 3.63) is 35.4 Å². The number of amides is 4. The smallest absolute Gasteiger partial charge is 0.326 e. The molecule has 0 saturated carbocycles. The molecule has 0 aromatic heterocycles. The molecule has 1 fully saturated rings. The first kappa shape index (κ1) is 18.9. The molecule has 1 heterocycles. The molecule has 4 amide bonds. The predicted octanol–water partition coefficient (Wildman–Crippen LogP) is 0.995. The van der Waals surface area contributed by atoms with Crippen molar-refractivity contribution < 1.29 is 24.3 Å². The number of fused-ring (bicyclic) bond motifs is 2. The molecule has 2 aliphatic rings. The molecule has 144 valence electrons. The first-order valence-corrected chi connectivity index (χ1v) is 9.04. The van der Waals surface area contributed by atoms with Gasteiger partial charge in [-0.2, -0.15) is 0 Å². The van der Waals surface area contributed by atoms with Gasteiger partial charge >= 0.3 is 12.0 Å². The number of aliphatic carboxylic acids is 1. The number of nitrogens with one attached hydrogen (secondary N) is 2. The number of carboxylic acids is 1. The van der Waals surface area contributed by atoms with Crippen LogP contribution in [0.5, 0.6) is 0 Å². The van der Waals surface area contributed by atoms with Gasteiger partial charge < -0.3 is 15.7 Å². The van der Waals surface area contributed by atoms with Gasteiger partial charge in [0.25, 0.3) is 5.91 Å². The zero-order valence-electron chi connectivity index (χ0n) is 15.3. The molecule has 1 saturated heterocycles. The van der Waals surface area contributed by atoms with Crippen LogP contribution in [0.2, 0.25) is 0 Å². The Balaban J connectivity index is 1.75. The van der Waals surface area contributed by atoms with E-state index in [1.165, 1.54) is 0 Å². The van der Waals surface area contributed by atoms with Gasteiger partial charge in [0.1, 0.15) is 18.1 Å². The summed E-state index contributed by atoms with van der Waals surface area (Å²) in [6, 6.07) is 5.72. The summed E-state index contributed by atoms with van der Waals surface area (Å²) in [6.45, 7) is 3.04. The molecule has 1 unspecified atom stereocenters. The van der Waals surface area contributed by atoms with Crippen LogP contribution in [-0.4, -0.2) is 46.4 Å². The Morgan fingerprint density at radius 3 is 2.70 bits per heavy atom. The van der Waals surface area contributed by atoms with Gasteiger partial charge in [-0.1, -0.05) is 44.5 Å². The van der Waals surface area contributed by atoms with Crippen molar-refractivity contribution in [1.82, 2.24) is 15.5 Å². The highest BCUT2D eigenvalue weighted by Crippen LogP contribution is 2.41. The number of rotatable bonds is 6. The molecule has 8 nitrogen and oxygen atoms in total. The number of benzene rings is 1. The average molecular weight is 373 g/mol. The lowest BCUT2D eigenvalue weighted by molar-refractivity contribution is -0.143. The number of carboxylic acid groups (broad SMARTS) is 1. The zero-order chi connectivity index (χ0) is 19.8. The van der Waals surface area contributed by atoms with Gasteiger partial charge in [-0.05, 0) is 29.9 Å². The molecule has 0 bridgehead atoms. The second kappa shape index (κ2) is 7.02. The van der Waals surface area contributed by atoms with Gasteiger partial charge in [0.2, 0.25) is 5.91 Å². The van der Waals surface area contributed by atoms with E-state index in [-0.39, 0.29) is 5.92 Å². The molecule has 1 spiro atoms. The Morgan fingerprint density at radius 2 is 2.04 bits per heavy atom. The van der Waals surface area contributed by atoms with Crippen LogP contribution in [0.3, 0.4) is 0 Å². The summed E-state index contributed by atoms with van der Waals surface area (Å²) >= 11 is 0. The second-order valence-corrected chi connectivity index (χ2v) is 7.15. The van der Waals surface area contributed by atoms with Crippen molar-refractivity contribution in [1.29, 1.82) is 0 Å². The van der Waals surface area contributed by atoms with Crippen LogP contribution >= 0.6 is 0 Å². The van der Waals surface area contributed by atoms with Crippen LogP contribution in [0.4, 0.5) is 4.79 Å². The van der Waals surface area contributed by atoms with E-state index >= 15 is 0 Å². The van der Waals surface area contributed by atoms with Crippen molar-refractivity contribution in [2.24, 2.45) is 5.92 Å². The average Bonchev–Trinajstić information content (AvgIpc) is 3.12. The van der Waals surface area contributed by atoms with E-state index in [4.69, 9.17) is 0 Å². The van der Waals surface area contributed by atoms with E-state index in [0.717, 1.165) is 16.0 Å². The van der Waals surface area contributed by atoms with E-state index in [0.29, 0.717) is 19.3 Å². The summed E-state index contributed by atoms with van der Waals surface area (Å²) < 4.78 is 0. The van der Waals surface area contributed by atoms with Crippen LogP contribution in [0.25, 0.3) is 0 Å². The monoisotopic (exact) mass is 373 g/mol. The third-order valence-electron chi connectivity index (χ3n) is 5.52. The maximum absolute atomic E-state index is 13.0. The Kier molecular flexibility index (Phi) is 4.91. The van der Waals surface area contributed by atoms with E-state index in [1.807, 2.05) is 31.2 Å². The quantitative estimate of drug-likeness (QED) is 0.643. The maximum atomic E-state index is 13.0. The lowest BCUT2D eigenvalue weighted by Crippen LogP contribution is -2.50. The fourth-order valence-electron chi connectivity index (χ4n) is 3.78. The summed E-state index contributed by atoms with van der Waals surface area (Å²) in [7, 11) is 0. The standard InChI is InChI=1S/C19H23N3O5/c1-3-11(2)15(16(24)25)20-14(23)10-22-17(26)19(21-18(22)27)9-8-12-6-4-5-7-13(12)19/h4-7,11,15H,3,8-10H2,1-2H3,(H,20,23)(H,21,27)(H,24,25)/t11-,15-,19?/m0/s1. The topological polar surface area (TPSA) is 116 Å². The number of hydrogen-bond donors (Lipinski definition) is 3. The number of nitrogens with zero attached hydrogens (tertiary/aromatic N) is 1. The molecule has 1 aromatic carbocycles. The fourth-order valence-corrected chi connectivity index (χ4v) is 3.78. The molecular weight excluding hydrogens is 350 g/mol. The summed E-state index contributed by atoms with van der Waals surface area (Å²) in [5.74, 6) is -2.56. The van der Waals surface area contributed by atoms with E-state index < -0.39 is 41.9 Å². The van der Waals surface area contributed by atoms with Crippen LogP contribution in [0, 0.1) is 5.92 Å². The Labute approximate surface area is 156 Å². The van der Waals surface area contributed by atoms with Gasteiger partial charge in [-0.15, -0.1) is 0 Å². The van der Waals surface area contributed by atoms with Gasteiger partial charge in [-0.25, -0.2) is 9.59 Å². The second-order valence-electron chi connectivity index (χ2n) is 7.15. The van der Waals surface area contributed by atoms with Crippen molar-refractivity contribution in [2.45, 2.75) is 44.7 Å². The minimum Gasteiger partial charge on any atom is -0.480 e. The number of hydrogen-bond acceptors (Lipinski definition) is 4. The number of aryl methyl sites for hydroxylation is 1. The number of carbonyl (C=O) groups excluding carboxylic acids is 3. The Morgan fingerprint density at radius 1 is 1.33 bits per heavy atom. The molecule has 1 aromatic rings. The molecular formula is C19H23N3O5. The normalized spacial score (nSPS) is 23.1. The summed E-state index contributed by atoms with van der Waals surface area (Å²) in [4.78, 5) is 50.0. The van der Waals surface area contributed by atoms with Crippen LogP contribution in [-0.2, 0) is 26.3 Å². The highest BCUT2D eigenvalue weighted by Gasteiger charge is 2.55. The van der Waals surface area contributed by atoms with Crippen molar-refractivity contribution in [3.8, 4) is 0 Å². The van der Waals surface area contributed by atoms with E-state index in [9.17, 15) is 24.3 Å². The van der Waals surface area contributed by atoms with Gasteiger partial charge in [0.15, 0.2) is 0 Å². The predicted molar refractivity (Wildman–Crippen MR) is 95.7 cm³/mol. The fraction of sp³-hybridized carbons (Fsp3) is 0.474. The number of imide groups is 1. The van der Waals surface area contributed by atoms with Crippen LogP contribution < -0.4 is 10.6 Å². The first-order chi connectivity index (χ1) is 12.8. The van der Waals surface area contributed by atoms with E-state index in [2.05, 4.69) is 10.6 Å². The highest BCUT2D eigenvalue weighted by molar-refractivity contribution is 6.10. The molecule has 3 atom stereocenters. The largest absolute Gasteiger partial charge is 0.480 e. The van der Waals surface area contributed by atoms with Gasteiger partial charge in [0, 0.05) is 0 Å². The van der Waals surface area contributed by atoms with Gasteiger partial charge in [-0.3, -0.25) is 14.5 Å². The third kappa shape index (κ3) is 3.15. The summed E-state index contributed by atoms with van der Waals surface area (Å²) in [5, 5.41) is 14.5. The Bertz CT molecular complexity index is 808. The molecule has 3 rings (SSSR count). The maximum Gasteiger partial charge on any atom is 0.326 e. The lowest BCUT2D eigenvalue weighted by atomic mass is 9.92. The minimum atomic E-state index is -1.14. The molecule has 27 heavy (non-hydrogen) atoms. The summed E-state index contributed by atoms with van der Waals surface area (Å²) in [6.07, 6.45) is 1.68. The van der Waals surface area contributed by atoms with Gasteiger partial charge in [0.05, 0.1) is 0 Å². The molecule has 1 aliphatic heterocycles. The molecule has 0 radical (unpaired) electrons. The molecule has 8 heteroatoms.